The van der Waals surface area contributed by atoms with E-state index in [1.807, 2.05) is 24.3 Å². The second-order valence-electron chi connectivity index (χ2n) is 4.96. The number of benzene rings is 2. The van der Waals surface area contributed by atoms with E-state index in [1.54, 1.807) is 6.20 Å². The van der Waals surface area contributed by atoms with Crippen LogP contribution >= 0.6 is 38.9 Å². The Morgan fingerprint density at radius 3 is 2.52 bits per heavy atom. The molecule has 0 spiro atoms. The molecular weight excluding hydrogens is 394 g/mol. The van der Waals surface area contributed by atoms with Crippen molar-refractivity contribution in [3.05, 3.63) is 74.1 Å². The zero-order valence-electron chi connectivity index (χ0n) is 12.2. The van der Waals surface area contributed by atoms with Crippen LogP contribution in [0.15, 0.2) is 59.2 Å². The third-order valence-corrected chi connectivity index (χ3v) is 4.89. The van der Waals surface area contributed by atoms with Crippen molar-refractivity contribution in [3.8, 4) is 0 Å². The minimum absolute atomic E-state index is 0.568. The van der Waals surface area contributed by atoms with Crippen LogP contribution in [0.25, 0.3) is 0 Å². The van der Waals surface area contributed by atoms with E-state index >= 15 is 0 Å². The smallest absolute Gasteiger partial charge is 0.183 e. The zero-order valence-corrected chi connectivity index (χ0v) is 15.4. The molecule has 0 fully saturated rings. The third kappa shape index (κ3) is 4.70. The van der Waals surface area contributed by atoms with Gasteiger partial charge in [0, 0.05) is 22.1 Å². The van der Waals surface area contributed by atoms with Gasteiger partial charge in [0.1, 0.15) is 0 Å². The number of hydrogen-bond donors (Lipinski definition) is 2. The maximum absolute atomic E-state index is 5.88. The molecule has 3 nitrogen and oxygen atoms in total. The first-order valence-corrected chi connectivity index (χ1v) is 9.11. The Hall–Kier alpha value is -1.56. The van der Waals surface area contributed by atoms with E-state index in [-0.39, 0.29) is 0 Å². The van der Waals surface area contributed by atoms with Crippen molar-refractivity contribution in [2.45, 2.75) is 13.1 Å². The van der Waals surface area contributed by atoms with Gasteiger partial charge in [0.05, 0.1) is 17.9 Å². The molecule has 1 aromatic heterocycles. The fourth-order valence-electron chi connectivity index (χ4n) is 2.16. The minimum atomic E-state index is 0.568. The van der Waals surface area contributed by atoms with Crippen LogP contribution in [0.5, 0.6) is 0 Å². The number of nitrogens with zero attached hydrogens (tertiary/aromatic N) is 1. The highest BCUT2D eigenvalue weighted by molar-refractivity contribution is 9.10. The molecule has 0 bridgehead atoms. The highest BCUT2D eigenvalue weighted by Gasteiger charge is 2.05. The van der Waals surface area contributed by atoms with E-state index in [4.69, 9.17) is 11.6 Å². The summed E-state index contributed by atoms with van der Waals surface area (Å²) in [5, 5.41) is 6.92. The molecule has 2 aromatic carbocycles. The van der Waals surface area contributed by atoms with Crippen LogP contribution in [-0.4, -0.2) is 4.98 Å². The number of aromatic nitrogens is 1. The van der Waals surface area contributed by atoms with Crippen LogP contribution in [0.3, 0.4) is 0 Å². The van der Waals surface area contributed by atoms with Crippen LogP contribution in [0.2, 0.25) is 4.47 Å². The van der Waals surface area contributed by atoms with Gasteiger partial charge < -0.3 is 10.6 Å². The molecule has 0 aliphatic rings. The second kappa shape index (κ2) is 7.81. The molecule has 0 atom stereocenters. The van der Waals surface area contributed by atoms with Gasteiger partial charge in [-0.15, -0.1) is 11.3 Å². The molecule has 0 radical (unpaired) electrons. The first-order valence-electron chi connectivity index (χ1n) is 7.12. The van der Waals surface area contributed by atoms with Crippen molar-refractivity contribution in [2.24, 2.45) is 0 Å². The summed E-state index contributed by atoms with van der Waals surface area (Å²) in [4.78, 5) is 5.16. The summed E-state index contributed by atoms with van der Waals surface area (Å²) in [6.45, 7) is 1.48. The third-order valence-electron chi connectivity index (χ3n) is 3.29. The average Bonchev–Trinajstić information content (AvgIpc) is 2.98. The molecule has 118 valence electrons. The van der Waals surface area contributed by atoms with Gasteiger partial charge in [0.25, 0.3) is 0 Å². The SMILES string of the molecule is Clc1ncc(CNc2cc(Br)ccc2NCc2ccccc2)s1. The number of anilines is 2. The molecule has 3 rings (SSSR count). The Kier molecular flexibility index (Phi) is 5.54. The molecule has 2 N–H and O–H groups in total. The number of hydrogen-bond acceptors (Lipinski definition) is 4. The van der Waals surface area contributed by atoms with E-state index in [0.29, 0.717) is 11.0 Å². The monoisotopic (exact) mass is 407 g/mol. The zero-order chi connectivity index (χ0) is 16.1. The molecule has 0 amide bonds. The lowest BCUT2D eigenvalue weighted by Crippen LogP contribution is -2.05. The maximum atomic E-state index is 5.88. The fraction of sp³-hybridized carbons (Fsp3) is 0.118. The van der Waals surface area contributed by atoms with E-state index in [0.717, 1.165) is 27.3 Å². The summed E-state index contributed by atoms with van der Waals surface area (Å²) < 4.78 is 1.60. The average molecular weight is 409 g/mol. The van der Waals surface area contributed by atoms with E-state index in [9.17, 15) is 0 Å². The van der Waals surface area contributed by atoms with Crippen molar-refractivity contribution in [2.75, 3.05) is 10.6 Å². The van der Waals surface area contributed by atoms with Crippen LogP contribution < -0.4 is 10.6 Å². The Morgan fingerprint density at radius 2 is 1.78 bits per heavy atom. The number of rotatable bonds is 6. The lowest BCUT2D eigenvalue weighted by Gasteiger charge is -2.14. The summed E-state index contributed by atoms with van der Waals surface area (Å²) in [5.74, 6) is 0. The van der Waals surface area contributed by atoms with Crippen molar-refractivity contribution < 1.29 is 0 Å². The topological polar surface area (TPSA) is 37.0 Å². The Bertz CT molecular complexity index is 777. The van der Waals surface area contributed by atoms with Crippen molar-refractivity contribution in [3.63, 3.8) is 0 Å². The van der Waals surface area contributed by atoms with Gasteiger partial charge in [-0.05, 0) is 23.8 Å². The van der Waals surface area contributed by atoms with Crippen molar-refractivity contribution >= 4 is 50.2 Å². The Morgan fingerprint density at radius 1 is 1.00 bits per heavy atom. The summed E-state index contributed by atoms with van der Waals surface area (Å²) in [6, 6.07) is 16.5. The van der Waals surface area contributed by atoms with Crippen LogP contribution in [-0.2, 0) is 13.1 Å². The summed E-state index contributed by atoms with van der Waals surface area (Å²) in [6.07, 6.45) is 1.80. The van der Waals surface area contributed by atoms with Gasteiger partial charge in [-0.3, -0.25) is 0 Å². The predicted molar refractivity (Wildman–Crippen MR) is 102 cm³/mol. The quantitative estimate of drug-likeness (QED) is 0.542. The molecule has 0 aliphatic carbocycles. The number of nitrogens with one attached hydrogen (secondary N) is 2. The Labute approximate surface area is 152 Å². The Balaban J connectivity index is 1.69. The van der Waals surface area contributed by atoms with Gasteiger partial charge in [-0.25, -0.2) is 4.98 Å². The van der Waals surface area contributed by atoms with Gasteiger partial charge >= 0.3 is 0 Å². The van der Waals surface area contributed by atoms with Gasteiger partial charge in [-0.1, -0.05) is 57.9 Å². The number of halogens is 2. The van der Waals surface area contributed by atoms with Crippen molar-refractivity contribution in [1.29, 1.82) is 0 Å². The first kappa shape index (κ1) is 16.3. The lowest BCUT2D eigenvalue weighted by molar-refractivity contribution is 1.13. The molecule has 0 aliphatic heterocycles. The van der Waals surface area contributed by atoms with Gasteiger partial charge in [0.15, 0.2) is 4.47 Å². The highest BCUT2D eigenvalue weighted by atomic mass is 79.9. The second-order valence-corrected chi connectivity index (χ2v) is 7.58. The summed E-state index contributed by atoms with van der Waals surface area (Å²) in [7, 11) is 0. The number of thiazole rings is 1. The first-order chi connectivity index (χ1) is 11.2. The van der Waals surface area contributed by atoms with Crippen LogP contribution in [0.1, 0.15) is 10.4 Å². The minimum Gasteiger partial charge on any atom is -0.379 e. The van der Waals surface area contributed by atoms with Crippen LogP contribution in [0, 0.1) is 0 Å². The summed E-state index contributed by atoms with van der Waals surface area (Å²) >= 11 is 10.9. The maximum Gasteiger partial charge on any atom is 0.183 e. The predicted octanol–water partition coefficient (Wildman–Crippen LogP) is 5.78. The highest BCUT2D eigenvalue weighted by Crippen LogP contribution is 2.28. The lowest BCUT2D eigenvalue weighted by atomic mass is 10.2. The molecule has 23 heavy (non-hydrogen) atoms. The molecule has 0 unspecified atom stereocenters. The van der Waals surface area contributed by atoms with E-state index in [2.05, 4.69) is 55.8 Å². The normalized spacial score (nSPS) is 10.5. The van der Waals surface area contributed by atoms with Gasteiger partial charge in [-0.2, -0.15) is 0 Å². The molecular formula is C17H15BrClN3S. The molecule has 0 saturated carbocycles. The molecule has 0 saturated heterocycles. The van der Waals surface area contributed by atoms with Gasteiger partial charge in [0.2, 0.25) is 0 Å². The molecule has 6 heteroatoms. The fourth-order valence-corrected chi connectivity index (χ4v) is 3.44. The standard InChI is InChI=1S/C17H15BrClN3S/c18-13-6-7-15(20-9-12-4-2-1-3-5-12)16(8-13)21-10-14-11-22-17(19)23-14/h1-8,11,20-21H,9-10H2. The van der Waals surface area contributed by atoms with E-state index < -0.39 is 0 Å². The van der Waals surface area contributed by atoms with Crippen LogP contribution in [0.4, 0.5) is 11.4 Å². The van der Waals surface area contributed by atoms with Crippen molar-refractivity contribution in [1.82, 2.24) is 4.98 Å². The summed E-state index contributed by atoms with van der Waals surface area (Å²) in [5.41, 5.74) is 3.35. The largest absolute Gasteiger partial charge is 0.379 e. The molecule has 1 heterocycles. The molecule has 3 aromatic rings. The van der Waals surface area contributed by atoms with E-state index in [1.165, 1.54) is 16.9 Å².